The van der Waals surface area contributed by atoms with E-state index < -0.39 is 21.9 Å². The smallest absolute Gasteiger partial charge is 0.418 e. The second-order valence-corrected chi connectivity index (χ2v) is 10.4. The summed E-state index contributed by atoms with van der Waals surface area (Å²) in [6.45, 7) is 6.24. The summed E-state index contributed by atoms with van der Waals surface area (Å²) < 4.78 is 43.5. The van der Waals surface area contributed by atoms with Gasteiger partial charge < -0.3 is 9.67 Å². The molecule has 2 N–H and O–H groups in total. The van der Waals surface area contributed by atoms with Crippen molar-refractivity contribution in [3.05, 3.63) is 66.0 Å². The van der Waals surface area contributed by atoms with Crippen LogP contribution in [-0.4, -0.2) is 34.9 Å². The quantitative estimate of drug-likeness (QED) is 0.454. The zero-order valence-corrected chi connectivity index (χ0v) is 19.5. The van der Waals surface area contributed by atoms with Crippen molar-refractivity contribution in [1.29, 1.82) is 0 Å². The number of carbonyl (C=O) groups is 1. The highest BCUT2D eigenvalue weighted by atomic mass is 32.2. The first-order valence-corrected chi connectivity index (χ1v) is 12.3. The number of thioether (sulfide) groups is 1. The van der Waals surface area contributed by atoms with Crippen LogP contribution in [0.3, 0.4) is 0 Å². The van der Waals surface area contributed by atoms with Crippen LogP contribution in [0.1, 0.15) is 25.2 Å². The van der Waals surface area contributed by atoms with E-state index in [1.165, 1.54) is 12.1 Å². The lowest BCUT2D eigenvalue weighted by Gasteiger charge is -2.14. The van der Waals surface area contributed by atoms with Crippen LogP contribution in [0.4, 0.5) is 9.18 Å². The van der Waals surface area contributed by atoms with Crippen molar-refractivity contribution in [2.75, 3.05) is 5.75 Å². The molecule has 0 radical (unpaired) electrons. The number of amides is 1. The third-order valence-corrected chi connectivity index (χ3v) is 7.47. The molecule has 0 aliphatic heterocycles. The molecule has 0 saturated heterocycles. The zero-order chi connectivity index (χ0) is 23.5. The molecule has 0 saturated carbocycles. The minimum absolute atomic E-state index is 0.230. The molecule has 3 rings (SSSR count). The summed E-state index contributed by atoms with van der Waals surface area (Å²) in [5.41, 5.74) is 0.997. The molecule has 10 heteroatoms. The van der Waals surface area contributed by atoms with Crippen molar-refractivity contribution in [2.24, 2.45) is 5.92 Å². The predicted molar refractivity (Wildman–Crippen MR) is 122 cm³/mol. The Morgan fingerprint density at radius 1 is 1.25 bits per heavy atom. The topological polar surface area (TPSA) is 101 Å². The van der Waals surface area contributed by atoms with Gasteiger partial charge in [-0.05, 0) is 42.7 Å². The van der Waals surface area contributed by atoms with E-state index in [9.17, 15) is 17.6 Å². The molecule has 0 aliphatic rings. The van der Waals surface area contributed by atoms with E-state index in [4.69, 9.17) is 5.11 Å². The molecule has 0 fully saturated rings. The molecule has 1 amide bonds. The molecule has 0 bridgehead atoms. The van der Waals surface area contributed by atoms with Crippen molar-refractivity contribution in [3.8, 4) is 11.1 Å². The summed E-state index contributed by atoms with van der Waals surface area (Å²) in [6.07, 6.45) is 1.70. The molecule has 7 nitrogen and oxygen atoms in total. The van der Waals surface area contributed by atoms with E-state index in [1.54, 1.807) is 57.7 Å². The van der Waals surface area contributed by atoms with Gasteiger partial charge in [-0.25, -0.2) is 27.3 Å². The second-order valence-electron chi connectivity index (χ2n) is 7.68. The van der Waals surface area contributed by atoms with Gasteiger partial charge in [-0.2, -0.15) is 0 Å². The first-order chi connectivity index (χ1) is 15.1. The standard InChI is InChI=1S/C22H24FN3O4S2/c1-14(2)13-31-18-6-7-21(32(29,30)25-22(27)28)19(11-18)16-4-5-17(20(23)10-16)12-26-9-8-24-15(26)3/h4-11,14,25H,12-13H2,1-3H3,(H,27,28). The monoisotopic (exact) mass is 477 g/mol. The zero-order valence-electron chi connectivity index (χ0n) is 17.9. The molecule has 1 aromatic heterocycles. The van der Waals surface area contributed by atoms with Gasteiger partial charge in [0.2, 0.25) is 0 Å². The summed E-state index contributed by atoms with van der Waals surface area (Å²) in [5, 5.41) is 8.94. The summed E-state index contributed by atoms with van der Waals surface area (Å²) in [6, 6.07) is 9.13. The Labute approximate surface area is 190 Å². The van der Waals surface area contributed by atoms with Crippen LogP contribution in [0.15, 0.2) is 58.6 Å². The van der Waals surface area contributed by atoms with Crippen molar-refractivity contribution in [2.45, 2.75) is 37.1 Å². The largest absolute Gasteiger partial charge is 0.464 e. The lowest BCUT2D eigenvalue weighted by Crippen LogP contribution is -2.29. The molecular weight excluding hydrogens is 453 g/mol. The Kier molecular flexibility index (Phi) is 7.25. The van der Waals surface area contributed by atoms with E-state index in [1.807, 2.05) is 6.92 Å². The number of nitrogens with zero attached hydrogens (tertiary/aromatic N) is 2. The van der Waals surface area contributed by atoms with Crippen molar-refractivity contribution in [1.82, 2.24) is 14.3 Å². The first kappa shape index (κ1) is 23.8. The van der Waals surface area contributed by atoms with Crippen LogP contribution in [0.5, 0.6) is 0 Å². The maximum absolute atomic E-state index is 15.0. The number of rotatable bonds is 8. The number of sulfonamides is 1. The summed E-state index contributed by atoms with van der Waals surface area (Å²) in [7, 11) is -4.35. The highest BCUT2D eigenvalue weighted by Crippen LogP contribution is 2.33. The van der Waals surface area contributed by atoms with Gasteiger partial charge in [0.25, 0.3) is 10.0 Å². The number of benzene rings is 2. The average Bonchev–Trinajstić information content (AvgIpc) is 3.11. The average molecular weight is 478 g/mol. The molecule has 0 atom stereocenters. The van der Waals surface area contributed by atoms with Gasteiger partial charge in [0.15, 0.2) is 0 Å². The molecule has 0 spiro atoms. The van der Waals surface area contributed by atoms with Crippen molar-refractivity contribution < 1.29 is 22.7 Å². The van der Waals surface area contributed by atoms with E-state index in [0.717, 1.165) is 16.5 Å². The fraction of sp³-hybridized carbons (Fsp3) is 0.273. The van der Waals surface area contributed by atoms with Gasteiger partial charge in [0, 0.05) is 34.2 Å². The highest BCUT2D eigenvalue weighted by molar-refractivity contribution is 7.99. The van der Waals surface area contributed by atoms with Crippen molar-refractivity contribution in [3.63, 3.8) is 0 Å². The number of hydrogen-bond donors (Lipinski definition) is 2. The summed E-state index contributed by atoms with van der Waals surface area (Å²) in [5.74, 6) is 1.49. The molecule has 0 unspecified atom stereocenters. The Hall–Kier alpha value is -2.85. The first-order valence-electron chi connectivity index (χ1n) is 9.86. The van der Waals surface area contributed by atoms with Gasteiger partial charge in [0.05, 0.1) is 11.4 Å². The van der Waals surface area contributed by atoms with Crippen LogP contribution in [-0.2, 0) is 16.6 Å². The highest BCUT2D eigenvalue weighted by Gasteiger charge is 2.23. The van der Waals surface area contributed by atoms with Gasteiger partial charge >= 0.3 is 6.09 Å². The molecule has 0 aliphatic carbocycles. The number of halogens is 1. The fourth-order valence-corrected chi connectivity index (χ4v) is 5.03. The van der Waals surface area contributed by atoms with Crippen LogP contribution in [0.25, 0.3) is 11.1 Å². The van der Waals surface area contributed by atoms with Crippen LogP contribution in [0.2, 0.25) is 0 Å². The van der Waals surface area contributed by atoms with E-state index in [-0.39, 0.29) is 17.0 Å². The van der Waals surface area contributed by atoms with Crippen molar-refractivity contribution >= 4 is 27.9 Å². The molecule has 2 aromatic carbocycles. The predicted octanol–water partition coefficient (Wildman–Crippen LogP) is 4.75. The SMILES string of the molecule is Cc1nccn1Cc1ccc(-c2cc(SCC(C)C)ccc2S(=O)(=O)NC(=O)O)cc1F. The minimum atomic E-state index is -4.35. The van der Waals surface area contributed by atoms with E-state index in [0.29, 0.717) is 17.0 Å². The Morgan fingerprint density at radius 3 is 2.59 bits per heavy atom. The number of aromatic nitrogens is 2. The Balaban J connectivity index is 2.05. The van der Waals surface area contributed by atoms with E-state index in [2.05, 4.69) is 18.8 Å². The third-order valence-electron chi connectivity index (χ3n) is 4.67. The van der Waals surface area contributed by atoms with Crippen LogP contribution < -0.4 is 4.72 Å². The number of imidazole rings is 1. The van der Waals surface area contributed by atoms with Gasteiger partial charge in [-0.3, -0.25) is 0 Å². The second kappa shape index (κ2) is 9.74. The van der Waals surface area contributed by atoms with Gasteiger partial charge in [0.1, 0.15) is 11.6 Å². The maximum Gasteiger partial charge on any atom is 0.418 e. The van der Waals surface area contributed by atoms with E-state index >= 15 is 0 Å². The molecular formula is C22H24FN3O4S2. The van der Waals surface area contributed by atoms with Crippen LogP contribution >= 0.6 is 11.8 Å². The molecule has 170 valence electrons. The van der Waals surface area contributed by atoms with Gasteiger partial charge in [-0.1, -0.05) is 26.0 Å². The van der Waals surface area contributed by atoms with Gasteiger partial charge in [-0.15, -0.1) is 11.8 Å². The Bertz CT molecular complexity index is 1240. The lowest BCUT2D eigenvalue weighted by atomic mass is 10.0. The summed E-state index contributed by atoms with van der Waals surface area (Å²) >= 11 is 1.55. The lowest BCUT2D eigenvalue weighted by molar-refractivity contribution is 0.201. The number of carboxylic acid groups (broad SMARTS) is 1. The molecule has 32 heavy (non-hydrogen) atoms. The number of nitrogens with one attached hydrogen (secondary N) is 1. The number of aryl methyl sites for hydroxylation is 1. The maximum atomic E-state index is 15.0. The minimum Gasteiger partial charge on any atom is -0.464 e. The third kappa shape index (κ3) is 5.68. The fourth-order valence-electron chi connectivity index (χ4n) is 3.09. The molecule has 3 aromatic rings. The molecule has 1 heterocycles. The Morgan fingerprint density at radius 2 is 2.00 bits per heavy atom. The number of hydrogen-bond acceptors (Lipinski definition) is 5. The summed E-state index contributed by atoms with van der Waals surface area (Å²) in [4.78, 5) is 15.7. The van der Waals surface area contributed by atoms with Crippen LogP contribution in [0, 0.1) is 18.7 Å². The normalized spacial score (nSPS) is 11.7.